The van der Waals surface area contributed by atoms with Crippen molar-refractivity contribution >= 4 is 23.4 Å². The van der Waals surface area contributed by atoms with E-state index in [2.05, 4.69) is 32.4 Å². The van der Waals surface area contributed by atoms with Gasteiger partial charge in [-0.15, -0.1) is 0 Å². The van der Waals surface area contributed by atoms with E-state index in [1.165, 1.54) is 19.3 Å². The van der Waals surface area contributed by atoms with E-state index in [0.717, 1.165) is 50.3 Å². The largest absolute Gasteiger partial charge is 0.508 e. The summed E-state index contributed by atoms with van der Waals surface area (Å²) in [6.07, 6.45) is 6.87. The number of nitrogens with one attached hydrogen (secondary N) is 2. The van der Waals surface area contributed by atoms with Crippen LogP contribution >= 0.6 is 0 Å². The number of nitrogens with zero attached hydrogens (tertiary/aromatic N) is 3. The van der Waals surface area contributed by atoms with E-state index in [4.69, 9.17) is 10.2 Å². The van der Waals surface area contributed by atoms with E-state index in [1.807, 2.05) is 6.92 Å². The van der Waals surface area contributed by atoms with Crippen molar-refractivity contribution in [3.63, 3.8) is 0 Å². The van der Waals surface area contributed by atoms with Crippen LogP contribution in [0.3, 0.4) is 0 Å². The minimum atomic E-state index is -0.230. The zero-order valence-electron chi connectivity index (χ0n) is 21.0. The number of hydrogen-bond acceptors (Lipinski definition) is 8. The second kappa shape index (κ2) is 15.7. The van der Waals surface area contributed by atoms with Crippen molar-refractivity contribution in [1.82, 2.24) is 9.97 Å². The van der Waals surface area contributed by atoms with Crippen LogP contribution in [-0.2, 0) is 42.1 Å². The van der Waals surface area contributed by atoms with E-state index in [9.17, 15) is 9.90 Å². The molecule has 2 aromatic rings. The molecule has 3 aliphatic rings. The molecule has 4 bridgehead atoms. The summed E-state index contributed by atoms with van der Waals surface area (Å²) in [5.74, 6) is 0.956. The third kappa shape index (κ3) is 9.40. The number of phenols is 1. The van der Waals surface area contributed by atoms with Crippen LogP contribution in [0.25, 0.3) is 0 Å². The van der Waals surface area contributed by atoms with E-state index in [0.29, 0.717) is 22.7 Å². The van der Waals surface area contributed by atoms with Gasteiger partial charge in [0.05, 0.1) is 24.5 Å². The number of carbonyl (C=O) groups excluding carboxylic acids is 1. The number of anilines is 3. The van der Waals surface area contributed by atoms with Gasteiger partial charge in [-0.2, -0.15) is 4.98 Å². The Balaban J connectivity index is 0.00000101. The van der Waals surface area contributed by atoms with Crippen LogP contribution in [0.4, 0.5) is 17.5 Å². The van der Waals surface area contributed by atoms with Crippen molar-refractivity contribution in [2.45, 2.75) is 52.4 Å². The number of fused-ring (bicyclic) bond motifs is 8. The summed E-state index contributed by atoms with van der Waals surface area (Å²) in [7, 11) is 0. The molecule has 0 saturated carbocycles. The van der Waals surface area contributed by atoms with Gasteiger partial charge in [-0.05, 0) is 50.2 Å². The molecular formula is C25H37N5O4W2. The molecule has 0 atom stereocenters. The standard InChI is InChI=1S/C23H31N5O2.C2H6O2.2W/c1-16-14-20-26-21(30)18-7-6-17(29)15-19(18)28-12-9-23(2,10-13-28)8-4-3-5-11-24-22(25-16)27-20;3-1-2-4;;/h6-7,14-15,29H,3-5,8-13H2,1-2H3,(H2,24,25,26,27,30);3-4H,1-2H2;;. The zero-order chi connectivity index (χ0) is 24.6. The van der Waals surface area contributed by atoms with E-state index in [1.54, 1.807) is 24.3 Å². The second-order valence-electron chi connectivity index (χ2n) is 9.36. The number of aromatic hydroxyl groups is 1. The van der Waals surface area contributed by atoms with Crippen molar-refractivity contribution in [3.05, 3.63) is 35.5 Å². The van der Waals surface area contributed by atoms with Crippen molar-refractivity contribution in [2.24, 2.45) is 5.41 Å². The minimum absolute atomic E-state index is 0. The summed E-state index contributed by atoms with van der Waals surface area (Å²) in [6, 6.07) is 6.72. The Morgan fingerprint density at radius 2 is 1.69 bits per heavy atom. The van der Waals surface area contributed by atoms with Gasteiger partial charge < -0.3 is 30.9 Å². The number of amides is 1. The molecule has 9 nitrogen and oxygen atoms in total. The molecule has 0 spiro atoms. The Bertz CT molecular complexity index is 969. The summed E-state index contributed by atoms with van der Waals surface area (Å²) >= 11 is 0. The van der Waals surface area contributed by atoms with Gasteiger partial charge in [0.1, 0.15) is 11.6 Å². The van der Waals surface area contributed by atoms with Crippen molar-refractivity contribution in [3.8, 4) is 5.75 Å². The van der Waals surface area contributed by atoms with E-state index < -0.39 is 0 Å². The number of aromatic nitrogens is 2. The van der Waals surface area contributed by atoms with Crippen molar-refractivity contribution in [2.75, 3.05) is 48.4 Å². The smallest absolute Gasteiger partial charge is 0.258 e. The van der Waals surface area contributed by atoms with Crippen LogP contribution in [0.1, 0.15) is 61.5 Å². The number of hydrogen-bond donors (Lipinski definition) is 5. The molecule has 5 rings (SSSR count). The molecular weight excluding hydrogens is 802 g/mol. The van der Waals surface area contributed by atoms with Crippen molar-refractivity contribution < 1.29 is 62.2 Å². The monoisotopic (exact) mass is 839 g/mol. The Labute approximate surface area is 242 Å². The molecule has 1 amide bonds. The van der Waals surface area contributed by atoms with Gasteiger partial charge in [-0.1, -0.05) is 19.8 Å². The predicted octanol–water partition coefficient (Wildman–Crippen LogP) is 3.30. The number of benzene rings is 1. The molecule has 11 heteroatoms. The van der Waals surface area contributed by atoms with Crippen LogP contribution in [0, 0.1) is 12.3 Å². The molecule has 1 aromatic carbocycles. The van der Waals surface area contributed by atoms with Gasteiger partial charge in [-0.3, -0.25) is 4.79 Å². The molecule has 1 aromatic heterocycles. The summed E-state index contributed by atoms with van der Waals surface area (Å²) in [6.45, 7) is 6.62. The van der Waals surface area contributed by atoms with Gasteiger partial charge in [0.25, 0.3) is 5.91 Å². The fourth-order valence-corrected chi connectivity index (χ4v) is 4.46. The van der Waals surface area contributed by atoms with Crippen LogP contribution in [-0.4, -0.2) is 64.0 Å². The average Bonchev–Trinajstić information content (AvgIpc) is 2.81. The third-order valence-electron chi connectivity index (χ3n) is 6.47. The average molecular weight is 839 g/mol. The maximum absolute atomic E-state index is 13.1. The molecule has 0 unspecified atom stereocenters. The van der Waals surface area contributed by atoms with E-state index >= 15 is 0 Å². The SMILES string of the molecule is Cc1cc2nc(n1)NCCCCCC1(C)CCN(CC1)c1cc(O)ccc1C(=O)N2.OCCO.[W].[W]. The van der Waals surface area contributed by atoms with Crippen LogP contribution < -0.4 is 15.5 Å². The number of piperidine rings is 1. The van der Waals surface area contributed by atoms with Gasteiger partial charge in [0.2, 0.25) is 5.95 Å². The maximum Gasteiger partial charge on any atom is 0.258 e. The Morgan fingerprint density at radius 1 is 1.00 bits per heavy atom. The minimum Gasteiger partial charge on any atom is -0.508 e. The van der Waals surface area contributed by atoms with Gasteiger partial charge >= 0.3 is 0 Å². The Kier molecular flexibility index (Phi) is 14.1. The first-order valence-electron chi connectivity index (χ1n) is 12.0. The van der Waals surface area contributed by atoms with E-state index in [-0.39, 0.29) is 67.0 Å². The maximum atomic E-state index is 13.1. The molecule has 36 heavy (non-hydrogen) atoms. The zero-order valence-corrected chi connectivity index (χ0v) is 26.9. The van der Waals surface area contributed by atoms with Gasteiger partial charge in [0, 0.05) is 79.6 Å². The number of phenolic OH excluding ortho intramolecular Hbond substituents is 1. The molecule has 5 N–H and O–H groups in total. The first-order valence-corrected chi connectivity index (χ1v) is 12.0. The number of aliphatic hydroxyl groups is 2. The fraction of sp³-hybridized carbons (Fsp3) is 0.560. The molecule has 0 aliphatic carbocycles. The summed E-state index contributed by atoms with van der Waals surface area (Å²) in [5, 5.41) is 31.5. The molecule has 4 heterocycles. The molecule has 0 radical (unpaired) electrons. The molecule has 1 fully saturated rings. The first-order chi connectivity index (χ1) is 16.3. The number of carbonyl (C=O) groups is 1. The normalized spacial score (nSPS) is 17.0. The fourth-order valence-electron chi connectivity index (χ4n) is 4.46. The topological polar surface area (TPSA) is 131 Å². The Hall–Kier alpha value is -1.53. The summed E-state index contributed by atoms with van der Waals surface area (Å²) in [5.41, 5.74) is 2.46. The predicted molar refractivity (Wildman–Crippen MR) is 134 cm³/mol. The number of rotatable bonds is 1. The van der Waals surface area contributed by atoms with Crippen LogP contribution in [0.5, 0.6) is 5.75 Å². The van der Waals surface area contributed by atoms with Gasteiger partial charge in [0.15, 0.2) is 0 Å². The van der Waals surface area contributed by atoms with Gasteiger partial charge in [-0.25, -0.2) is 4.98 Å². The third-order valence-corrected chi connectivity index (χ3v) is 6.47. The van der Waals surface area contributed by atoms with Crippen molar-refractivity contribution in [1.29, 1.82) is 0 Å². The molecule has 1 saturated heterocycles. The number of aliphatic hydroxyl groups excluding tert-OH is 2. The number of aryl methyl sites for hydroxylation is 1. The second-order valence-corrected chi connectivity index (χ2v) is 9.36. The summed E-state index contributed by atoms with van der Waals surface area (Å²) < 4.78 is 0. The Morgan fingerprint density at radius 3 is 2.36 bits per heavy atom. The summed E-state index contributed by atoms with van der Waals surface area (Å²) in [4.78, 5) is 24.2. The first kappa shape index (κ1) is 32.5. The molecule has 198 valence electrons. The molecule has 3 aliphatic heterocycles. The quantitative estimate of drug-likeness (QED) is 0.296. The van der Waals surface area contributed by atoms with Crippen LogP contribution in [0.2, 0.25) is 0 Å². The van der Waals surface area contributed by atoms with Crippen LogP contribution in [0.15, 0.2) is 24.3 Å².